The Bertz CT molecular complexity index is 1590. The lowest BCUT2D eigenvalue weighted by Crippen LogP contribution is -2.22. The predicted molar refractivity (Wildman–Crippen MR) is 138 cm³/mol. The molecule has 1 aliphatic rings. The monoisotopic (exact) mass is 518 g/mol. The fourth-order valence-corrected chi connectivity index (χ4v) is 6.59. The van der Waals surface area contributed by atoms with E-state index < -0.39 is 21.7 Å². The number of carbonyl (C=O) groups is 2. The summed E-state index contributed by atoms with van der Waals surface area (Å²) >= 11 is 1.48. The minimum atomic E-state index is -3.93. The van der Waals surface area contributed by atoms with Crippen LogP contribution in [0.3, 0.4) is 0 Å². The van der Waals surface area contributed by atoms with Crippen molar-refractivity contribution in [3.8, 4) is 10.6 Å². The van der Waals surface area contributed by atoms with Crippen LogP contribution in [0.1, 0.15) is 31.2 Å². The molecule has 4 N–H and O–H groups in total. The lowest BCUT2D eigenvalue weighted by molar-refractivity contribution is 0.0949. The lowest BCUT2D eigenvalue weighted by atomic mass is 10.1. The number of hydrogen-bond acceptors (Lipinski definition) is 7. The Kier molecular flexibility index (Phi) is 6.40. The minimum absolute atomic E-state index is 0.0550. The van der Waals surface area contributed by atoms with Crippen LogP contribution in [0.2, 0.25) is 0 Å². The number of anilines is 1. The van der Waals surface area contributed by atoms with E-state index in [1.165, 1.54) is 41.7 Å². The van der Waals surface area contributed by atoms with Gasteiger partial charge in [0.15, 0.2) is 0 Å². The highest BCUT2D eigenvalue weighted by Crippen LogP contribution is 2.34. The maximum absolute atomic E-state index is 13.1. The van der Waals surface area contributed by atoms with Crippen LogP contribution in [0.4, 0.5) is 5.69 Å². The van der Waals surface area contributed by atoms with Gasteiger partial charge in [0, 0.05) is 22.2 Å². The number of carbonyl (C=O) groups excluding carboxylic acids is 2. The zero-order valence-corrected chi connectivity index (χ0v) is 20.7. The largest absolute Gasteiger partial charge is 0.347 e. The number of hydrogen-bond donors (Lipinski definition) is 3. The van der Waals surface area contributed by atoms with Crippen molar-refractivity contribution in [3.05, 3.63) is 94.5 Å². The first-order valence-corrected chi connectivity index (χ1v) is 13.5. The molecule has 0 atom stereocenters. The van der Waals surface area contributed by atoms with Gasteiger partial charge in [0.1, 0.15) is 5.01 Å². The van der Waals surface area contributed by atoms with Crippen molar-refractivity contribution < 1.29 is 18.0 Å². The van der Waals surface area contributed by atoms with Crippen LogP contribution in [0.25, 0.3) is 10.6 Å². The SMILES string of the molecule is NCCc1ccccc1-c1ncc(CNC(=O)c2ccc3c(c2)NC(=O)c2ccccc2S3(=O)=O)s1. The lowest BCUT2D eigenvalue weighted by Gasteiger charge is -2.10. The molecule has 0 unspecified atom stereocenters. The summed E-state index contributed by atoms with van der Waals surface area (Å²) in [6.45, 7) is 0.794. The number of aromatic nitrogens is 1. The van der Waals surface area contributed by atoms with E-state index in [9.17, 15) is 18.0 Å². The molecule has 4 aromatic rings. The molecule has 0 saturated carbocycles. The summed E-state index contributed by atoms with van der Waals surface area (Å²) in [5.74, 6) is -0.942. The van der Waals surface area contributed by atoms with E-state index in [2.05, 4.69) is 15.6 Å². The molecule has 36 heavy (non-hydrogen) atoms. The molecule has 2 amide bonds. The maximum atomic E-state index is 13.1. The van der Waals surface area contributed by atoms with Gasteiger partial charge in [-0.25, -0.2) is 13.4 Å². The van der Waals surface area contributed by atoms with Gasteiger partial charge in [-0.3, -0.25) is 9.59 Å². The van der Waals surface area contributed by atoms with Crippen molar-refractivity contribution >= 4 is 38.7 Å². The van der Waals surface area contributed by atoms with Gasteiger partial charge in [-0.1, -0.05) is 36.4 Å². The first-order chi connectivity index (χ1) is 17.4. The summed E-state index contributed by atoms with van der Waals surface area (Å²) in [4.78, 5) is 30.8. The molecule has 3 aromatic carbocycles. The minimum Gasteiger partial charge on any atom is -0.347 e. The molecule has 1 aromatic heterocycles. The highest BCUT2D eigenvalue weighted by molar-refractivity contribution is 7.91. The molecule has 10 heteroatoms. The summed E-state index contributed by atoms with van der Waals surface area (Å²) in [6, 6.07) is 18.1. The van der Waals surface area contributed by atoms with Gasteiger partial charge < -0.3 is 16.4 Å². The van der Waals surface area contributed by atoms with Gasteiger partial charge in [-0.05, 0) is 48.9 Å². The fraction of sp³-hybridized carbons (Fsp3) is 0.115. The summed E-state index contributed by atoms with van der Waals surface area (Å²) in [7, 11) is -3.93. The molecule has 0 bridgehead atoms. The van der Waals surface area contributed by atoms with E-state index in [-0.39, 0.29) is 33.2 Å². The van der Waals surface area contributed by atoms with Gasteiger partial charge in [-0.15, -0.1) is 11.3 Å². The van der Waals surface area contributed by atoms with E-state index in [1.54, 1.807) is 18.3 Å². The number of nitrogens with zero attached hydrogens (tertiary/aromatic N) is 1. The summed E-state index contributed by atoms with van der Waals surface area (Å²) in [5, 5.41) is 6.31. The van der Waals surface area contributed by atoms with Gasteiger partial charge in [0.05, 0.1) is 27.6 Å². The third kappa shape index (κ3) is 4.41. The average Bonchev–Trinajstić information content (AvgIpc) is 3.33. The Morgan fingerprint density at radius 3 is 2.56 bits per heavy atom. The standard InChI is InChI=1S/C26H22N4O4S2/c27-12-11-16-5-1-2-6-19(16)26-29-15-18(35-26)14-28-24(31)17-9-10-23-21(13-17)30-25(32)20-7-3-4-8-22(20)36(23,33)34/h1-10,13,15H,11-12,14,27H2,(H,28,31)(H,30,32). The molecule has 8 nitrogen and oxygen atoms in total. The number of nitrogens with two attached hydrogens (primary N) is 1. The number of rotatable bonds is 6. The summed E-state index contributed by atoms with van der Waals surface area (Å²) < 4.78 is 26.3. The number of nitrogens with one attached hydrogen (secondary N) is 2. The Labute approximate surface area is 212 Å². The van der Waals surface area contributed by atoms with Gasteiger partial charge >= 0.3 is 0 Å². The predicted octanol–water partition coefficient (Wildman–Crippen LogP) is 3.64. The van der Waals surface area contributed by atoms with Crippen LogP contribution in [-0.4, -0.2) is 31.8 Å². The van der Waals surface area contributed by atoms with Crippen LogP contribution >= 0.6 is 11.3 Å². The normalized spacial score (nSPS) is 13.8. The highest BCUT2D eigenvalue weighted by Gasteiger charge is 2.31. The number of thiazole rings is 1. The zero-order valence-electron chi connectivity index (χ0n) is 19.0. The van der Waals surface area contributed by atoms with Crippen molar-refractivity contribution in [1.29, 1.82) is 0 Å². The van der Waals surface area contributed by atoms with Crippen LogP contribution in [-0.2, 0) is 22.8 Å². The van der Waals surface area contributed by atoms with E-state index in [1.807, 2.05) is 24.3 Å². The summed E-state index contributed by atoms with van der Waals surface area (Å²) in [5.41, 5.74) is 8.23. The van der Waals surface area contributed by atoms with Gasteiger partial charge in [0.2, 0.25) is 9.84 Å². The Morgan fingerprint density at radius 1 is 1.00 bits per heavy atom. The molecule has 0 fully saturated rings. The van der Waals surface area contributed by atoms with Crippen LogP contribution in [0.5, 0.6) is 0 Å². The van der Waals surface area contributed by atoms with Crippen molar-refractivity contribution in [1.82, 2.24) is 10.3 Å². The van der Waals surface area contributed by atoms with Gasteiger partial charge in [0.25, 0.3) is 11.8 Å². The second-order valence-corrected chi connectivity index (χ2v) is 11.2. The van der Waals surface area contributed by atoms with Crippen LogP contribution in [0, 0.1) is 0 Å². The molecule has 0 saturated heterocycles. The van der Waals surface area contributed by atoms with Gasteiger partial charge in [-0.2, -0.15) is 0 Å². The van der Waals surface area contributed by atoms with Crippen molar-refractivity contribution in [2.45, 2.75) is 22.8 Å². The number of amides is 2. The second-order valence-electron chi connectivity index (χ2n) is 8.17. The highest BCUT2D eigenvalue weighted by atomic mass is 32.2. The van der Waals surface area contributed by atoms with E-state index in [4.69, 9.17) is 5.73 Å². The molecule has 2 heterocycles. The maximum Gasteiger partial charge on any atom is 0.257 e. The van der Waals surface area contributed by atoms with E-state index >= 15 is 0 Å². The Morgan fingerprint density at radius 2 is 1.75 bits per heavy atom. The van der Waals surface area contributed by atoms with Crippen molar-refractivity contribution in [2.75, 3.05) is 11.9 Å². The number of benzene rings is 3. The molecule has 182 valence electrons. The fourth-order valence-electron chi connectivity index (χ4n) is 4.09. The molecular weight excluding hydrogens is 496 g/mol. The number of sulfone groups is 1. The quantitative estimate of drug-likeness (QED) is 0.357. The third-order valence-electron chi connectivity index (χ3n) is 5.84. The van der Waals surface area contributed by atoms with Crippen LogP contribution in [0.15, 0.2) is 82.7 Å². The first kappa shape index (κ1) is 23.9. The Hall–Kier alpha value is -3.86. The first-order valence-electron chi connectivity index (χ1n) is 11.2. The molecular formula is C26H22N4O4S2. The molecule has 0 aliphatic carbocycles. The van der Waals surface area contributed by atoms with E-state index in [0.29, 0.717) is 6.54 Å². The second kappa shape index (κ2) is 9.65. The van der Waals surface area contributed by atoms with Crippen LogP contribution < -0.4 is 16.4 Å². The Balaban J connectivity index is 1.35. The van der Waals surface area contributed by atoms with E-state index in [0.717, 1.165) is 27.4 Å². The molecule has 0 radical (unpaired) electrons. The van der Waals surface area contributed by atoms with Crippen molar-refractivity contribution in [3.63, 3.8) is 0 Å². The number of fused-ring (bicyclic) bond motifs is 2. The topological polar surface area (TPSA) is 131 Å². The summed E-state index contributed by atoms with van der Waals surface area (Å²) in [6.07, 6.45) is 2.47. The third-order valence-corrected chi connectivity index (χ3v) is 8.74. The smallest absolute Gasteiger partial charge is 0.257 e. The van der Waals surface area contributed by atoms with Crippen molar-refractivity contribution in [2.24, 2.45) is 5.73 Å². The average molecular weight is 519 g/mol. The molecule has 1 aliphatic heterocycles. The molecule has 0 spiro atoms. The molecule has 5 rings (SSSR count). The zero-order chi connectivity index (χ0) is 25.3.